The van der Waals surface area contributed by atoms with Crippen LogP contribution < -0.4 is 5.32 Å². The fourth-order valence-electron chi connectivity index (χ4n) is 8.40. The Balaban J connectivity index is 3.46. The van der Waals surface area contributed by atoms with Gasteiger partial charge in [-0.15, -0.1) is 0 Å². The molecule has 0 saturated heterocycles. The number of allylic oxidation sites excluding steroid dienone is 1. The second-order valence-corrected chi connectivity index (χ2v) is 18.6. The Bertz CT molecular complexity index is 893. The number of nitrogens with one attached hydrogen (secondary N) is 1. The second kappa shape index (κ2) is 50.2. The van der Waals surface area contributed by atoms with E-state index in [4.69, 9.17) is 4.74 Å². The lowest BCUT2D eigenvalue weighted by molar-refractivity contribution is -0.143. The van der Waals surface area contributed by atoms with Crippen molar-refractivity contribution in [1.82, 2.24) is 5.32 Å². The van der Waals surface area contributed by atoms with E-state index in [0.29, 0.717) is 19.4 Å². The van der Waals surface area contributed by atoms with Crippen LogP contribution in [0.2, 0.25) is 0 Å². The van der Waals surface area contributed by atoms with Gasteiger partial charge in [-0.2, -0.15) is 0 Å². The van der Waals surface area contributed by atoms with E-state index in [1.54, 1.807) is 6.08 Å². The average Bonchev–Trinajstić information content (AvgIpc) is 3.25. The summed E-state index contributed by atoms with van der Waals surface area (Å²) in [5, 5.41) is 23.0. The van der Waals surface area contributed by atoms with E-state index in [1.165, 1.54) is 212 Å². The Hall–Kier alpha value is -1.40. The molecule has 6 nitrogen and oxygen atoms in total. The first kappa shape index (κ1) is 58.6. The summed E-state index contributed by atoms with van der Waals surface area (Å²) in [7, 11) is 0. The Morgan fingerprint density at radius 1 is 0.450 bits per heavy atom. The van der Waals surface area contributed by atoms with Gasteiger partial charge >= 0.3 is 5.97 Å². The van der Waals surface area contributed by atoms with Crippen molar-refractivity contribution in [2.75, 3.05) is 13.2 Å². The molecule has 2 atom stereocenters. The molecular weight excluding hydrogens is 743 g/mol. The van der Waals surface area contributed by atoms with Crippen LogP contribution in [0.1, 0.15) is 296 Å². The zero-order valence-corrected chi connectivity index (χ0v) is 40.5. The highest BCUT2D eigenvalue weighted by Crippen LogP contribution is 2.17. The van der Waals surface area contributed by atoms with Gasteiger partial charge in [0, 0.05) is 12.8 Å². The van der Waals surface area contributed by atoms with Crippen LogP contribution in [0.25, 0.3) is 0 Å². The number of hydrogen-bond acceptors (Lipinski definition) is 5. The smallest absolute Gasteiger partial charge is 0.305 e. The molecule has 1 amide bonds. The molecule has 0 aliphatic heterocycles. The second-order valence-electron chi connectivity index (χ2n) is 18.6. The molecule has 3 N–H and O–H groups in total. The molecule has 0 rings (SSSR count). The van der Waals surface area contributed by atoms with Crippen molar-refractivity contribution in [3.8, 4) is 0 Å². The molecule has 6 heteroatoms. The van der Waals surface area contributed by atoms with Gasteiger partial charge < -0.3 is 20.3 Å². The zero-order valence-electron chi connectivity index (χ0n) is 40.5. The highest BCUT2D eigenvalue weighted by Gasteiger charge is 2.18. The van der Waals surface area contributed by atoms with Gasteiger partial charge in [0.1, 0.15) is 0 Å². The van der Waals surface area contributed by atoms with Gasteiger partial charge in [-0.05, 0) is 32.1 Å². The van der Waals surface area contributed by atoms with Crippen molar-refractivity contribution in [3.63, 3.8) is 0 Å². The van der Waals surface area contributed by atoms with Crippen LogP contribution in [-0.2, 0) is 14.3 Å². The van der Waals surface area contributed by atoms with Crippen molar-refractivity contribution in [2.45, 2.75) is 309 Å². The quantitative estimate of drug-likeness (QED) is 0.0322. The summed E-state index contributed by atoms with van der Waals surface area (Å²) in [5.41, 5.74) is 0. The fraction of sp³-hybridized carbons (Fsp3) is 0.926. The minimum absolute atomic E-state index is 0.00667. The highest BCUT2D eigenvalue weighted by atomic mass is 16.5. The first-order valence-electron chi connectivity index (χ1n) is 27.0. The molecule has 0 aliphatic rings. The molecule has 0 radical (unpaired) electrons. The maximum Gasteiger partial charge on any atom is 0.305 e. The van der Waals surface area contributed by atoms with E-state index in [-0.39, 0.29) is 18.5 Å². The van der Waals surface area contributed by atoms with E-state index in [1.807, 2.05) is 6.08 Å². The first-order chi connectivity index (χ1) is 29.5. The zero-order chi connectivity index (χ0) is 43.7. The van der Waals surface area contributed by atoms with Gasteiger partial charge in [-0.3, -0.25) is 9.59 Å². The van der Waals surface area contributed by atoms with Crippen LogP contribution in [0, 0.1) is 0 Å². The molecule has 0 spiro atoms. The maximum atomic E-state index is 12.4. The summed E-state index contributed by atoms with van der Waals surface area (Å²) in [4.78, 5) is 24.5. The third-order valence-corrected chi connectivity index (χ3v) is 12.6. The fourth-order valence-corrected chi connectivity index (χ4v) is 8.40. The van der Waals surface area contributed by atoms with Crippen LogP contribution in [0.3, 0.4) is 0 Å². The number of rotatable bonds is 50. The largest absolute Gasteiger partial charge is 0.466 e. The molecule has 0 aromatic rings. The molecule has 0 bridgehead atoms. The van der Waals surface area contributed by atoms with Crippen LogP contribution in [0.5, 0.6) is 0 Å². The highest BCUT2D eigenvalue weighted by molar-refractivity contribution is 5.76. The number of unbranched alkanes of at least 4 members (excludes halogenated alkanes) is 39. The summed E-state index contributed by atoms with van der Waals surface area (Å²) in [5.74, 6) is -0.0887. The van der Waals surface area contributed by atoms with Crippen molar-refractivity contribution < 1.29 is 24.5 Å². The average molecular weight is 848 g/mol. The molecule has 2 unspecified atom stereocenters. The first-order valence-corrected chi connectivity index (χ1v) is 27.0. The predicted molar refractivity (Wildman–Crippen MR) is 260 cm³/mol. The van der Waals surface area contributed by atoms with E-state index in [2.05, 4.69) is 19.2 Å². The van der Waals surface area contributed by atoms with Gasteiger partial charge in [-0.1, -0.05) is 264 Å². The number of aliphatic hydroxyl groups is 2. The minimum atomic E-state index is -0.853. The standard InChI is InChI=1S/C54H105NO5/c1-3-5-7-9-11-13-15-17-19-20-21-23-28-32-36-40-44-48-54(59)60-49-45-41-37-33-29-25-24-27-31-35-39-43-47-53(58)55-51(50-56)52(57)46-42-38-34-30-26-22-18-16-14-12-10-8-6-4-2/h42,46,51-52,56-57H,3-41,43-45,47-50H2,1-2H3,(H,55,58)/b46-42+. The number of carbonyl (C=O) groups excluding carboxylic acids is 2. The maximum absolute atomic E-state index is 12.4. The summed E-state index contributed by atoms with van der Waals surface area (Å²) >= 11 is 0. The van der Waals surface area contributed by atoms with Gasteiger partial charge in [-0.25, -0.2) is 0 Å². The molecule has 0 aromatic heterocycles. The number of aliphatic hydroxyl groups excluding tert-OH is 2. The van der Waals surface area contributed by atoms with E-state index in [0.717, 1.165) is 57.8 Å². The van der Waals surface area contributed by atoms with E-state index < -0.39 is 12.1 Å². The van der Waals surface area contributed by atoms with Crippen LogP contribution in [-0.4, -0.2) is 47.4 Å². The molecule has 0 aromatic carbocycles. The van der Waals surface area contributed by atoms with Gasteiger partial charge in [0.15, 0.2) is 0 Å². The predicted octanol–water partition coefficient (Wildman–Crippen LogP) is 16.1. The van der Waals surface area contributed by atoms with Crippen LogP contribution >= 0.6 is 0 Å². The van der Waals surface area contributed by atoms with Crippen molar-refractivity contribution in [1.29, 1.82) is 0 Å². The Morgan fingerprint density at radius 3 is 1.13 bits per heavy atom. The molecule has 356 valence electrons. The lowest BCUT2D eigenvalue weighted by Gasteiger charge is -2.20. The lowest BCUT2D eigenvalue weighted by atomic mass is 10.0. The van der Waals surface area contributed by atoms with Gasteiger partial charge in [0.2, 0.25) is 5.91 Å². The SMILES string of the molecule is CCCCCCCCCCCCCC/C=C/C(O)C(CO)NC(=O)CCCCCCCCCCCCCCOC(=O)CCCCCCCCCCCCCCCCCCC. The molecule has 60 heavy (non-hydrogen) atoms. The monoisotopic (exact) mass is 848 g/mol. The normalized spacial score (nSPS) is 12.7. The molecule has 0 aliphatic carbocycles. The summed E-state index contributed by atoms with van der Waals surface area (Å²) in [6, 6.07) is -0.638. The minimum Gasteiger partial charge on any atom is -0.466 e. The van der Waals surface area contributed by atoms with E-state index >= 15 is 0 Å². The van der Waals surface area contributed by atoms with E-state index in [9.17, 15) is 19.8 Å². The third-order valence-electron chi connectivity index (χ3n) is 12.6. The topological polar surface area (TPSA) is 95.9 Å². The summed E-state index contributed by atoms with van der Waals surface area (Å²) < 4.78 is 5.47. The number of amides is 1. The molecular formula is C54H105NO5. The molecule has 0 heterocycles. The number of hydrogen-bond donors (Lipinski definition) is 3. The lowest BCUT2D eigenvalue weighted by Crippen LogP contribution is -2.45. The Kier molecular flexibility index (Phi) is 49.1. The molecule has 0 fully saturated rings. The summed E-state index contributed by atoms with van der Waals surface area (Å²) in [6.07, 6.45) is 57.8. The Labute approximate surface area is 374 Å². The van der Waals surface area contributed by atoms with Gasteiger partial charge in [0.05, 0.1) is 25.4 Å². The Morgan fingerprint density at radius 2 is 0.767 bits per heavy atom. The number of esters is 1. The van der Waals surface area contributed by atoms with Crippen LogP contribution in [0.4, 0.5) is 0 Å². The van der Waals surface area contributed by atoms with Crippen molar-refractivity contribution >= 4 is 11.9 Å². The summed E-state index contributed by atoms with van der Waals surface area (Å²) in [6.45, 7) is 4.88. The third kappa shape index (κ3) is 46.1. The van der Waals surface area contributed by atoms with Crippen LogP contribution in [0.15, 0.2) is 12.2 Å². The molecule has 0 saturated carbocycles. The number of carbonyl (C=O) groups is 2. The van der Waals surface area contributed by atoms with Crippen molar-refractivity contribution in [2.24, 2.45) is 0 Å². The van der Waals surface area contributed by atoms with Crippen molar-refractivity contribution in [3.05, 3.63) is 12.2 Å². The number of ether oxygens (including phenoxy) is 1. The van der Waals surface area contributed by atoms with Gasteiger partial charge in [0.25, 0.3) is 0 Å².